The molecule has 0 saturated carbocycles. The molecular formula is C7H12INO. The zero-order valence-electron chi connectivity index (χ0n) is 6.09. The number of fused-ring (bicyclic) bond motifs is 1. The molecular weight excluding hydrogens is 241 g/mol. The van der Waals surface area contributed by atoms with Crippen molar-refractivity contribution >= 4 is 22.9 Å². The Balaban J connectivity index is 2.09. The zero-order valence-corrected chi connectivity index (χ0v) is 8.24. The zero-order chi connectivity index (χ0) is 7.14. The van der Waals surface area contributed by atoms with E-state index in [0.717, 1.165) is 31.2 Å². The van der Waals surface area contributed by atoms with Crippen LogP contribution in [0.5, 0.6) is 0 Å². The van der Waals surface area contributed by atoms with Crippen molar-refractivity contribution in [3.63, 3.8) is 0 Å². The van der Waals surface area contributed by atoms with Gasteiger partial charge in [-0.15, -0.1) is 0 Å². The van der Waals surface area contributed by atoms with Crippen molar-refractivity contribution < 1.29 is 4.74 Å². The van der Waals surface area contributed by atoms with Gasteiger partial charge in [0.05, 0.1) is 13.2 Å². The van der Waals surface area contributed by atoms with E-state index in [2.05, 4.69) is 32.9 Å². The highest BCUT2D eigenvalue weighted by atomic mass is 127. The summed E-state index contributed by atoms with van der Waals surface area (Å²) in [4.78, 5) is 0. The molecule has 0 spiro atoms. The molecule has 0 aromatic rings. The Labute approximate surface area is 75.4 Å². The summed E-state index contributed by atoms with van der Waals surface area (Å²) in [5.41, 5.74) is 0. The smallest absolute Gasteiger partial charge is 0.0633 e. The summed E-state index contributed by atoms with van der Waals surface area (Å²) in [5, 5.41) is 0. The molecule has 2 aliphatic heterocycles. The maximum Gasteiger partial charge on any atom is 0.0633 e. The van der Waals surface area contributed by atoms with E-state index in [1.54, 1.807) is 0 Å². The van der Waals surface area contributed by atoms with E-state index in [-0.39, 0.29) is 0 Å². The van der Waals surface area contributed by atoms with Crippen LogP contribution in [-0.4, -0.2) is 28.4 Å². The molecule has 58 valence electrons. The van der Waals surface area contributed by atoms with Gasteiger partial charge in [-0.25, -0.2) is 3.11 Å². The molecule has 2 nitrogen and oxygen atoms in total. The summed E-state index contributed by atoms with van der Waals surface area (Å²) in [7, 11) is 0. The Bertz CT molecular complexity index is 140. The number of nitrogens with zero attached hydrogens (tertiary/aromatic N) is 1. The number of ether oxygens (including phenoxy) is 1. The van der Waals surface area contributed by atoms with Gasteiger partial charge in [0.15, 0.2) is 0 Å². The van der Waals surface area contributed by atoms with Crippen LogP contribution in [0, 0.1) is 5.92 Å². The fraction of sp³-hybridized carbons (Fsp3) is 1.00. The van der Waals surface area contributed by atoms with Gasteiger partial charge in [-0.2, -0.15) is 0 Å². The molecule has 3 unspecified atom stereocenters. The summed E-state index contributed by atoms with van der Waals surface area (Å²) < 4.78 is 7.81. The minimum atomic E-state index is 0.718. The Hall–Kier alpha value is 0.650. The van der Waals surface area contributed by atoms with Crippen molar-refractivity contribution in [3.8, 4) is 0 Å². The molecule has 0 aromatic heterocycles. The third-order valence-electron chi connectivity index (χ3n) is 2.55. The first kappa shape index (κ1) is 7.31. The van der Waals surface area contributed by atoms with Crippen LogP contribution < -0.4 is 0 Å². The maximum absolute atomic E-state index is 5.38. The van der Waals surface area contributed by atoms with Crippen molar-refractivity contribution in [2.75, 3.05) is 13.2 Å². The van der Waals surface area contributed by atoms with E-state index >= 15 is 0 Å². The van der Waals surface area contributed by atoms with Gasteiger partial charge in [-0.05, 0) is 13.3 Å². The second-order valence-electron chi connectivity index (χ2n) is 3.29. The lowest BCUT2D eigenvalue weighted by Crippen LogP contribution is -2.27. The van der Waals surface area contributed by atoms with Gasteiger partial charge in [-0.3, -0.25) is 0 Å². The second kappa shape index (κ2) is 2.60. The molecule has 2 heterocycles. The van der Waals surface area contributed by atoms with Crippen LogP contribution in [0.3, 0.4) is 0 Å². The molecule has 0 aliphatic carbocycles. The predicted molar refractivity (Wildman–Crippen MR) is 48.0 cm³/mol. The number of hydrogen-bond donors (Lipinski definition) is 0. The molecule has 0 bridgehead atoms. The summed E-state index contributed by atoms with van der Waals surface area (Å²) in [6, 6.07) is 1.48. The van der Waals surface area contributed by atoms with E-state index in [1.807, 2.05) is 0 Å². The van der Waals surface area contributed by atoms with Gasteiger partial charge in [0.1, 0.15) is 0 Å². The van der Waals surface area contributed by atoms with E-state index < -0.39 is 0 Å². The van der Waals surface area contributed by atoms with Crippen molar-refractivity contribution in [3.05, 3.63) is 0 Å². The Morgan fingerprint density at radius 2 is 2.30 bits per heavy atom. The molecule has 0 amide bonds. The van der Waals surface area contributed by atoms with Crippen LogP contribution in [0.4, 0.5) is 0 Å². The largest absolute Gasteiger partial charge is 0.379 e. The quantitative estimate of drug-likeness (QED) is 0.478. The van der Waals surface area contributed by atoms with Gasteiger partial charge in [0.2, 0.25) is 0 Å². The molecule has 0 radical (unpaired) electrons. The highest BCUT2D eigenvalue weighted by Crippen LogP contribution is 2.36. The van der Waals surface area contributed by atoms with Crippen LogP contribution >= 0.6 is 22.9 Å². The van der Waals surface area contributed by atoms with Crippen molar-refractivity contribution in [2.24, 2.45) is 5.92 Å². The summed E-state index contributed by atoms with van der Waals surface area (Å²) in [6.07, 6.45) is 1.33. The van der Waals surface area contributed by atoms with E-state index in [4.69, 9.17) is 4.74 Å². The van der Waals surface area contributed by atoms with Crippen molar-refractivity contribution in [1.82, 2.24) is 3.11 Å². The van der Waals surface area contributed by atoms with Gasteiger partial charge < -0.3 is 4.74 Å². The van der Waals surface area contributed by atoms with Crippen LogP contribution in [-0.2, 0) is 4.74 Å². The van der Waals surface area contributed by atoms with Crippen molar-refractivity contribution in [2.45, 2.75) is 25.4 Å². The standard InChI is InChI=1S/C7H12INO/c1-5-2-6-3-10-4-7(6)9(5)8/h5-7H,2-4H2,1H3. The van der Waals surface area contributed by atoms with Crippen LogP contribution in [0.25, 0.3) is 0 Å². The average Bonchev–Trinajstić information content (AvgIpc) is 2.41. The van der Waals surface area contributed by atoms with Gasteiger partial charge in [0.25, 0.3) is 0 Å². The Kier molecular flexibility index (Phi) is 1.90. The van der Waals surface area contributed by atoms with Gasteiger partial charge in [-0.1, -0.05) is 0 Å². The first-order valence-electron chi connectivity index (χ1n) is 3.81. The SMILES string of the molecule is CC1CC2COCC2N1I. The molecule has 0 aromatic carbocycles. The summed E-state index contributed by atoms with van der Waals surface area (Å²) in [5.74, 6) is 0.826. The molecule has 2 saturated heterocycles. The Morgan fingerprint density at radius 1 is 1.50 bits per heavy atom. The van der Waals surface area contributed by atoms with Crippen LogP contribution in [0.2, 0.25) is 0 Å². The lowest BCUT2D eigenvalue weighted by molar-refractivity contribution is 0.164. The first-order chi connectivity index (χ1) is 4.79. The average molecular weight is 253 g/mol. The molecule has 3 atom stereocenters. The molecule has 2 aliphatic rings. The lowest BCUT2D eigenvalue weighted by Gasteiger charge is -2.17. The number of hydrogen-bond acceptors (Lipinski definition) is 2. The topological polar surface area (TPSA) is 12.5 Å². The fourth-order valence-electron chi connectivity index (χ4n) is 1.95. The molecule has 3 heteroatoms. The summed E-state index contributed by atoms with van der Waals surface area (Å²) in [6.45, 7) is 4.25. The van der Waals surface area contributed by atoms with E-state index in [1.165, 1.54) is 6.42 Å². The predicted octanol–water partition coefficient (Wildman–Crippen LogP) is 1.45. The van der Waals surface area contributed by atoms with Crippen molar-refractivity contribution in [1.29, 1.82) is 0 Å². The van der Waals surface area contributed by atoms with Crippen LogP contribution in [0.1, 0.15) is 13.3 Å². The number of rotatable bonds is 0. The normalized spacial score (nSPS) is 48.0. The minimum Gasteiger partial charge on any atom is -0.379 e. The van der Waals surface area contributed by atoms with Gasteiger partial charge >= 0.3 is 0 Å². The first-order valence-corrected chi connectivity index (χ1v) is 4.77. The molecule has 0 N–H and O–H groups in total. The monoisotopic (exact) mass is 253 g/mol. The minimum absolute atomic E-state index is 0.718. The van der Waals surface area contributed by atoms with E-state index in [0.29, 0.717) is 0 Å². The maximum atomic E-state index is 5.38. The number of halogens is 1. The summed E-state index contributed by atoms with van der Waals surface area (Å²) >= 11 is 2.43. The third kappa shape index (κ3) is 0.987. The lowest BCUT2D eigenvalue weighted by atomic mass is 10.0. The third-order valence-corrected chi connectivity index (χ3v) is 4.21. The highest BCUT2D eigenvalue weighted by molar-refractivity contribution is 14.1. The van der Waals surface area contributed by atoms with Crippen LogP contribution in [0.15, 0.2) is 0 Å². The van der Waals surface area contributed by atoms with Gasteiger partial charge in [0, 0.05) is 40.9 Å². The highest BCUT2D eigenvalue weighted by Gasteiger charge is 2.41. The second-order valence-corrected chi connectivity index (χ2v) is 4.41. The van der Waals surface area contributed by atoms with E-state index in [9.17, 15) is 0 Å². The molecule has 10 heavy (non-hydrogen) atoms. The fourth-order valence-corrected chi connectivity index (χ4v) is 2.79. The molecule has 2 rings (SSSR count). The molecule has 2 fully saturated rings. The Morgan fingerprint density at radius 3 is 3.00 bits per heavy atom.